The van der Waals surface area contributed by atoms with E-state index in [0.29, 0.717) is 28.0 Å². The number of fused-ring (bicyclic) bond motifs is 1. The van der Waals surface area contributed by atoms with Crippen molar-refractivity contribution in [2.24, 2.45) is 5.10 Å². The van der Waals surface area contributed by atoms with Gasteiger partial charge in [0.05, 0.1) is 27.2 Å². The van der Waals surface area contributed by atoms with E-state index in [1.807, 2.05) is 26.8 Å². The SMILES string of the molecule is CC(C)(C)c1nc2ccc(Br)cc2c(=O)n1N=Cc1cc(Cl)c(OCc2ccc(F)cc2)c(Cl)c1. The molecule has 0 aliphatic carbocycles. The number of aromatic nitrogens is 2. The minimum Gasteiger partial charge on any atom is -0.486 e. The summed E-state index contributed by atoms with van der Waals surface area (Å²) in [4.78, 5) is 18.0. The van der Waals surface area contributed by atoms with Crippen LogP contribution in [0.2, 0.25) is 10.0 Å². The molecule has 4 rings (SSSR count). The molecule has 35 heavy (non-hydrogen) atoms. The van der Waals surface area contributed by atoms with Crippen molar-refractivity contribution in [2.75, 3.05) is 0 Å². The predicted molar refractivity (Wildman–Crippen MR) is 143 cm³/mol. The summed E-state index contributed by atoms with van der Waals surface area (Å²) in [7, 11) is 0. The normalized spacial score (nSPS) is 12.0. The van der Waals surface area contributed by atoms with Crippen LogP contribution in [-0.2, 0) is 12.0 Å². The number of benzene rings is 3. The highest BCUT2D eigenvalue weighted by molar-refractivity contribution is 9.10. The third-order valence-electron chi connectivity index (χ3n) is 5.12. The Morgan fingerprint density at radius 3 is 2.37 bits per heavy atom. The van der Waals surface area contributed by atoms with E-state index in [0.717, 1.165) is 10.0 Å². The van der Waals surface area contributed by atoms with Crippen molar-refractivity contribution in [1.82, 2.24) is 9.66 Å². The Morgan fingerprint density at radius 1 is 1.09 bits per heavy atom. The molecule has 0 atom stereocenters. The zero-order chi connectivity index (χ0) is 25.3. The molecule has 0 saturated heterocycles. The first-order chi connectivity index (χ1) is 16.5. The van der Waals surface area contributed by atoms with Crippen LogP contribution >= 0.6 is 39.1 Å². The van der Waals surface area contributed by atoms with E-state index in [2.05, 4.69) is 21.0 Å². The molecule has 3 aromatic carbocycles. The van der Waals surface area contributed by atoms with Crippen LogP contribution in [0.25, 0.3) is 10.9 Å². The Balaban J connectivity index is 1.68. The van der Waals surface area contributed by atoms with Gasteiger partial charge in [-0.25, -0.2) is 9.37 Å². The van der Waals surface area contributed by atoms with Crippen LogP contribution in [0.5, 0.6) is 5.75 Å². The molecule has 1 heterocycles. The molecule has 0 amide bonds. The fourth-order valence-corrected chi connectivity index (χ4v) is 4.37. The third-order valence-corrected chi connectivity index (χ3v) is 6.17. The second-order valence-corrected chi connectivity index (χ2v) is 10.7. The molecule has 0 aliphatic rings. The Bertz CT molecular complexity index is 1470. The van der Waals surface area contributed by atoms with Crippen LogP contribution in [0.3, 0.4) is 0 Å². The fourth-order valence-electron chi connectivity index (χ4n) is 3.39. The second-order valence-electron chi connectivity index (χ2n) is 8.94. The molecule has 0 radical (unpaired) electrons. The minimum atomic E-state index is -0.439. The van der Waals surface area contributed by atoms with Crippen molar-refractivity contribution >= 4 is 56.2 Å². The van der Waals surface area contributed by atoms with Gasteiger partial charge in [-0.05, 0) is 53.6 Å². The minimum absolute atomic E-state index is 0.176. The molecule has 0 unspecified atom stereocenters. The zero-order valence-corrected chi connectivity index (χ0v) is 22.2. The summed E-state index contributed by atoms with van der Waals surface area (Å²) in [6.45, 7) is 6.07. The number of hydrogen-bond acceptors (Lipinski definition) is 4. The van der Waals surface area contributed by atoms with E-state index >= 15 is 0 Å². The van der Waals surface area contributed by atoms with Crippen molar-refractivity contribution in [1.29, 1.82) is 0 Å². The van der Waals surface area contributed by atoms with Crippen molar-refractivity contribution in [3.8, 4) is 5.75 Å². The molecule has 0 bridgehead atoms. The van der Waals surface area contributed by atoms with Crippen LogP contribution in [-0.4, -0.2) is 15.9 Å². The maximum Gasteiger partial charge on any atom is 0.282 e. The molecule has 4 aromatic rings. The van der Waals surface area contributed by atoms with E-state index in [1.54, 1.807) is 36.4 Å². The summed E-state index contributed by atoms with van der Waals surface area (Å²) in [5.41, 5.74) is 1.23. The molecule has 1 aromatic heterocycles. The standard InChI is InChI=1S/C26H21BrCl2FN3O2/c1-26(2,3)25-32-22-9-6-17(27)12-19(22)24(34)33(25)31-13-16-10-20(28)23(21(29)11-16)35-14-15-4-7-18(30)8-5-15/h4-13H,14H2,1-3H3. The van der Waals surface area contributed by atoms with Gasteiger partial charge in [-0.1, -0.05) is 72.0 Å². The molecule has 0 saturated carbocycles. The lowest BCUT2D eigenvalue weighted by molar-refractivity contribution is 0.306. The van der Waals surface area contributed by atoms with Crippen molar-refractivity contribution in [3.05, 3.63) is 102 Å². The van der Waals surface area contributed by atoms with Crippen LogP contribution in [0.15, 0.2) is 69.0 Å². The lowest BCUT2D eigenvalue weighted by Crippen LogP contribution is -2.29. The average molecular weight is 577 g/mol. The van der Waals surface area contributed by atoms with Gasteiger partial charge in [-0.15, -0.1) is 0 Å². The summed E-state index contributed by atoms with van der Waals surface area (Å²) >= 11 is 16.2. The van der Waals surface area contributed by atoms with Gasteiger partial charge in [0.25, 0.3) is 5.56 Å². The summed E-state index contributed by atoms with van der Waals surface area (Å²) < 4.78 is 20.9. The Kier molecular flexibility index (Phi) is 7.31. The largest absolute Gasteiger partial charge is 0.486 e. The topological polar surface area (TPSA) is 56.5 Å². The number of rotatable bonds is 5. The van der Waals surface area contributed by atoms with E-state index in [4.69, 9.17) is 32.9 Å². The van der Waals surface area contributed by atoms with Gasteiger partial charge in [0.2, 0.25) is 0 Å². The van der Waals surface area contributed by atoms with E-state index in [9.17, 15) is 9.18 Å². The Morgan fingerprint density at radius 2 is 1.74 bits per heavy atom. The smallest absolute Gasteiger partial charge is 0.282 e. The highest BCUT2D eigenvalue weighted by atomic mass is 79.9. The summed E-state index contributed by atoms with van der Waals surface area (Å²) in [6.07, 6.45) is 1.50. The first-order valence-corrected chi connectivity index (χ1v) is 12.2. The first-order valence-electron chi connectivity index (χ1n) is 10.7. The fraction of sp³-hybridized carbons (Fsp3) is 0.192. The monoisotopic (exact) mass is 575 g/mol. The predicted octanol–water partition coefficient (Wildman–Crippen LogP) is 7.36. The van der Waals surface area contributed by atoms with Crippen LogP contribution in [0, 0.1) is 5.82 Å². The van der Waals surface area contributed by atoms with Gasteiger partial charge >= 0.3 is 0 Å². The van der Waals surface area contributed by atoms with Gasteiger partial charge in [-0.2, -0.15) is 9.78 Å². The Hall–Kier alpha value is -2.74. The van der Waals surface area contributed by atoms with Gasteiger partial charge < -0.3 is 4.74 Å². The number of hydrogen-bond donors (Lipinski definition) is 0. The van der Waals surface area contributed by atoms with Gasteiger partial charge in [0.15, 0.2) is 5.75 Å². The maximum absolute atomic E-state index is 13.3. The molecule has 0 spiro atoms. The zero-order valence-electron chi connectivity index (χ0n) is 19.2. The number of halogens is 4. The molecular formula is C26H21BrCl2FN3O2. The Labute approximate surface area is 220 Å². The quantitative estimate of drug-likeness (QED) is 0.233. The van der Waals surface area contributed by atoms with Crippen LogP contribution in [0.1, 0.15) is 37.7 Å². The second kappa shape index (κ2) is 10.1. The molecular weight excluding hydrogens is 556 g/mol. The average Bonchev–Trinajstić information content (AvgIpc) is 2.78. The lowest BCUT2D eigenvalue weighted by Gasteiger charge is -2.20. The van der Waals surface area contributed by atoms with Crippen LogP contribution in [0.4, 0.5) is 4.39 Å². The number of nitrogens with zero attached hydrogens (tertiary/aromatic N) is 3. The molecule has 0 fully saturated rings. The number of ether oxygens (including phenoxy) is 1. The summed E-state index contributed by atoms with van der Waals surface area (Å²) in [5.74, 6) is 0.501. The van der Waals surface area contributed by atoms with Crippen LogP contribution < -0.4 is 10.3 Å². The first kappa shape index (κ1) is 25.4. The summed E-state index contributed by atoms with van der Waals surface area (Å²) in [6, 6.07) is 14.6. The lowest BCUT2D eigenvalue weighted by atomic mass is 9.95. The van der Waals surface area contributed by atoms with Crippen molar-refractivity contribution in [2.45, 2.75) is 32.8 Å². The molecule has 0 aliphatic heterocycles. The maximum atomic E-state index is 13.3. The van der Waals surface area contributed by atoms with E-state index in [-0.39, 0.29) is 28.0 Å². The van der Waals surface area contributed by atoms with Crippen molar-refractivity contribution < 1.29 is 9.13 Å². The van der Waals surface area contributed by atoms with E-state index < -0.39 is 5.41 Å². The highest BCUT2D eigenvalue weighted by Gasteiger charge is 2.23. The summed E-state index contributed by atoms with van der Waals surface area (Å²) in [5, 5.41) is 5.46. The van der Waals surface area contributed by atoms with Gasteiger partial charge in [-0.3, -0.25) is 4.79 Å². The third kappa shape index (κ3) is 5.74. The molecule has 0 N–H and O–H groups in total. The highest BCUT2D eigenvalue weighted by Crippen LogP contribution is 2.34. The van der Waals surface area contributed by atoms with Gasteiger partial charge in [0, 0.05) is 9.89 Å². The molecule has 5 nitrogen and oxygen atoms in total. The molecule has 180 valence electrons. The van der Waals surface area contributed by atoms with Crippen molar-refractivity contribution in [3.63, 3.8) is 0 Å². The van der Waals surface area contributed by atoms with E-state index in [1.165, 1.54) is 23.0 Å². The molecule has 9 heteroatoms. The van der Waals surface area contributed by atoms with Gasteiger partial charge in [0.1, 0.15) is 18.2 Å².